The molecule has 1 aromatic heterocycles. The molecular formula is C35H41FN2O8S. The summed E-state index contributed by atoms with van der Waals surface area (Å²) in [4.78, 5) is 24.6. The number of carbonyl (C=O) groups is 2. The molecule has 252 valence electrons. The molecule has 3 aromatic rings. The molecule has 5 rings (SSSR count). The number of carbonyl (C=O) groups excluding carboxylic acids is 1. The molecule has 1 saturated carbocycles. The number of carboxylic acid groups (broad SMARTS) is 1. The van der Waals surface area contributed by atoms with Crippen molar-refractivity contribution in [3.05, 3.63) is 77.1 Å². The summed E-state index contributed by atoms with van der Waals surface area (Å²) in [5.74, 6) is -1.26. The highest BCUT2D eigenvalue weighted by molar-refractivity contribution is 7.92. The molecule has 12 heteroatoms. The zero-order valence-corrected chi connectivity index (χ0v) is 27.7. The minimum atomic E-state index is -3.72. The predicted octanol–water partition coefficient (Wildman–Crippen LogP) is 6.03. The summed E-state index contributed by atoms with van der Waals surface area (Å²) in [7, 11) is -2.20. The van der Waals surface area contributed by atoms with Crippen LogP contribution in [-0.2, 0) is 24.3 Å². The third-order valence-corrected chi connectivity index (χ3v) is 9.94. The number of nitrogens with zero attached hydrogens (tertiary/aromatic N) is 1. The van der Waals surface area contributed by atoms with Crippen LogP contribution in [0.4, 0.5) is 10.1 Å². The second-order valence-corrected chi connectivity index (χ2v) is 14.2. The number of hydrogen-bond donors (Lipinski definition) is 2. The first kappa shape index (κ1) is 34.3. The van der Waals surface area contributed by atoms with Gasteiger partial charge in [-0.3, -0.25) is 9.10 Å². The lowest BCUT2D eigenvalue weighted by Gasteiger charge is -2.31. The minimum absolute atomic E-state index is 0.0636. The van der Waals surface area contributed by atoms with Crippen molar-refractivity contribution in [2.75, 3.05) is 50.6 Å². The fourth-order valence-electron chi connectivity index (χ4n) is 6.11. The molecule has 2 aromatic carbocycles. The summed E-state index contributed by atoms with van der Waals surface area (Å²) >= 11 is 0. The van der Waals surface area contributed by atoms with E-state index in [0.717, 1.165) is 24.7 Å². The number of rotatable bonds is 16. The van der Waals surface area contributed by atoms with Crippen LogP contribution in [0.1, 0.15) is 60.9 Å². The normalized spacial score (nSPS) is 17.9. The lowest BCUT2D eigenvalue weighted by Crippen LogP contribution is -2.34. The van der Waals surface area contributed by atoms with Crippen LogP contribution >= 0.6 is 0 Å². The Kier molecular flexibility index (Phi) is 10.5. The van der Waals surface area contributed by atoms with Crippen LogP contribution in [0.5, 0.6) is 0 Å². The van der Waals surface area contributed by atoms with Crippen molar-refractivity contribution in [2.45, 2.75) is 44.9 Å². The number of anilines is 1. The van der Waals surface area contributed by atoms with Crippen molar-refractivity contribution < 1.29 is 41.4 Å². The Hall–Kier alpha value is -4.00. The Balaban J connectivity index is 1.24. The molecule has 2 aliphatic carbocycles. The number of allylic oxidation sites excluding steroid dienone is 3. The average Bonchev–Trinajstić information content (AvgIpc) is 3.81. The number of ether oxygens (including phenoxy) is 2. The highest BCUT2D eigenvalue weighted by Crippen LogP contribution is 2.48. The van der Waals surface area contributed by atoms with E-state index < -0.39 is 27.2 Å². The molecule has 0 aliphatic heterocycles. The molecule has 1 fully saturated rings. The molecular weight excluding hydrogens is 627 g/mol. The van der Waals surface area contributed by atoms with Gasteiger partial charge in [0.05, 0.1) is 43.9 Å². The Labute approximate surface area is 274 Å². The lowest BCUT2D eigenvalue weighted by molar-refractivity contribution is -0.134. The third kappa shape index (κ3) is 7.94. The second kappa shape index (κ2) is 14.4. The van der Waals surface area contributed by atoms with Crippen LogP contribution < -0.4 is 9.62 Å². The molecule has 1 atom stereocenters. The fraction of sp³-hybridized carbons (Fsp3) is 0.429. The molecule has 2 aliphatic rings. The summed E-state index contributed by atoms with van der Waals surface area (Å²) in [5, 5.41) is 12.7. The summed E-state index contributed by atoms with van der Waals surface area (Å²) < 4.78 is 58.7. The quantitative estimate of drug-likeness (QED) is 0.177. The number of halogens is 1. The van der Waals surface area contributed by atoms with Gasteiger partial charge in [-0.1, -0.05) is 25.2 Å². The summed E-state index contributed by atoms with van der Waals surface area (Å²) in [6.45, 7) is 3.18. The summed E-state index contributed by atoms with van der Waals surface area (Å²) in [6.07, 6.45) is 10.4. The number of benzene rings is 2. The van der Waals surface area contributed by atoms with Gasteiger partial charge in [0.25, 0.3) is 5.91 Å². The maximum Gasteiger partial charge on any atom is 0.332 e. The van der Waals surface area contributed by atoms with Crippen molar-refractivity contribution >= 4 is 38.6 Å². The van der Waals surface area contributed by atoms with Gasteiger partial charge in [-0.15, -0.1) is 0 Å². The van der Waals surface area contributed by atoms with Crippen LogP contribution in [0.2, 0.25) is 0 Å². The van der Waals surface area contributed by atoms with Gasteiger partial charge in [-0.05, 0) is 73.9 Å². The minimum Gasteiger partial charge on any atom is -0.478 e. The van der Waals surface area contributed by atoms with Gasteiger partial charge in [0.1, 0.15) is 17.2 Å². The van der Waals surface area contributed by atoms with Gasteiger partial charge in [0.15, 0.2) is 0 Å². The van der Waals surface area contributed by atoms with E-state index in [0.29, 0.717) is 65.8 Å². The predicted molar refractivity (Wildman–Crippen MR) is 178 cm³/mol. The number of fused-ring (bicyclic) bond motifs is 1. The first-order valence-corrected chi connectivity index (χ1v) is 17.6. The van der Waals surface area contributed by atoms with Gasteiger partial charge in [-0.2, -0.15) is 0 Å². The number of aliphatic carboxylic acids is 1. The van der Waals surface area contributed by atoms with Crippen molar-refractivity contribution in [1.29, 1.82) is 0 Å². The van der Waals surface area contributed by atoms with E-state index in [1.807, 2.05) is 19.1 Å². The van der Waals surface area contributed by atoms with Crippen molar-refractivity contribution in [2.24, 2.45) is 5.41 Å². The maximum atomic E-state index is 13.7. The van der Waals surface area contributed by atoms with Crippen LogP contribution in [0.3, 0.4) is 0 Å². The molecule has 47 heavy (non-hydrogen) atoms. The number of nitrogens with one attached hydrogen (secondary N) is 1. The van der Waals surface area contributed by atoms with Crippen LogP contribution in [0.25, 0.3) is 22.3 Å². The first-order chi connectivity index (χ1) is 22.4. The Morgan fingerprint density at radius 2 is 1.81 bits per heavy atom. The van der Waals surface area contributed by atoms with Gasteiger partial charge in [-0.25, -0.2) is 17.6 Å². The second-order valence-electron chi connectivity index (χ2n) is 12.3. The Bertz CT molecular complexity index is 1790. The molecule has 0 bridgehead atoms. The zero-order valence-electron chi connectivity index (χ0n) is 26.9. The van der Waals surface area contributed by atoms with Crippen molar-refractivity contribution in [3.63, 3.8) is 0 Å². The van der Waals surface area contributed by atoms with E-state index in [-0.39, 0.29) is 37.3 Å². The molecule has 2 N–H and O–H groups in total. The van der Waals surface area contributed by atoms with E-state index >= 15 is 0 Å². The third-order valence-electron chi connectivity index (χ3n) is 8.76. The largest absolute Gasteiger partial charge is 0.478 e. The van der Waals surface area contributed by atoms with Crippen LogP contribution in [0, 0.1) is 11.2 Å². The molecule has 1 amide bonds. The number of hydrogen-bond acceptors (Lipinski definition) is 7. The summed E-state index contributed by atoms with van der Waals surface area (Å²) in [6, 6.07) is 9.16. The number of carboxylic acids is 1. The molecule has 1 heterocycles. The highest BCUT2D eigenvalue weighted by Gasteiger charge is 2.34. The molecule has 0 saturated heterocycles. The summed E-state index contributed by atoms with van der Waals surface area (Å²) in [5.41, 5.74) is 2.44. The standard InChI is InChI=1S/C35H41FN2O8S/c1-35(14-5-4-7-28(35)34(40)41)15-6-17-44-19-20-45-18-16-38(47(3,42)43)29-22-30-27(21-26(29)23-8-9-23)31(33(39)37-2)32(46-30)24-10-12-25(36)13-11-24/h4-5,7,10-13,21-23H,6,8-9,14-20H2,1-3H3,(H,37,39)(H,40,41). The maximum absolute atomic E-state index is 13.7. The number of sulfonamides is 1. The Morgan fingerprint density at radius 1 is 1.11 bits per heavy atom. The molecule has 10 nitrogen and oxygen atoms in total. The van der Waals surface area contributed by atoms with E-state index in [4.69, 9.17) is 13.9 Å². The zero-order chi connectivity index (χ0) is 33.8. The van der Waals surface area contributed by atoms with Crippen molar-refractivity contribution in [1.82, 2.24) is 5.32 Å². The van der Waals surface area contributed by atoms with Crippen LogP contribution in [-0.4, -0.2) is 71.7 Å². The average molecular weight is 669 g/mol. The highest BCUT2D eigenvalue weighted by atomic mass is 32.2. The van der Waals surface area contributed by atoms with E-state index in [2.05, 4.69) is 5.32 Å². The van der Waals surface area contributed by atoms with E-state index in [1.54, 1.807) is 18.2 Å². The molecule has 0 radical (unpaired) electrons. The monoisotopic (exact) mass is 668 g/mol. The van der Waals surface area contributed by atoms with Gasteiger partial charge >= 0.3 is 5.97 Å². The van der Waals surface area contributed by atoms with E-state index in [9.17, 15) is 27.5 Å². The number of furan rings is 1. The van der Waals surface area contributed by atoms with Gasteiger partial charge in [0, 0.05) is 41.7 Å². The smallest absolute Gasteiger partial charge is 0.332 e. The lowest BCUT2D eigenvalue weighted by atomic mass is 9.73. The topological polar surface area (TPSA) is 135 Å². The SMILES string of the molecule is CNC(=O)c1c(-c2ccc(F)cc2)oc2cc(N(CCOCCOCCCC3(C)CC=CC=C3C(=O)O)S(C)(=O)=O)c(C3CC3)cc12. The number of amides is 1. The molecule has 0 spiro atoms. The van der Waals surface area contributed by atoms with Gasteiger partial charge < -0.3 is 24.3 Å². The van der Waals surface area contributed by atoms with Crippen LogP contribution in [0.15, 0.2) is 64.6 Å². The van der Waals surface area contributed by atoms with Gasteiger partial charge in [0.2, 0.25) is 10.0 Å². The first-order valence-electron chi connectivity index (χ1n) is 15.7. The van der Waals surface area contributed by atoms with Crippen molar-refractivity contribution in [3.8, 4) is 11.3 Å². The van der Waals surface area contributed by atoms with E-state index in [1.165, 1.54) is 35.6 Å². The fourth-order valence-corrected chi connectivity index (χ4v) is 7.03. The molecule has 1 unspecified atom stereocenters. The Morgan fingerprint density at radius 3 is 2.45 bits per heavy atom.